The summed E-state index contributed by atoms with van der Waals surface area (Å²) in [5, 5.41) is 0. The van der Waals surface area contributed by atoms with E-state index in [1.807, 2.05) is 18.3 Å². The Morgan fingerprint density at radius 3 is 3.07 bits per heavy atom. The fraction of sp³-hybridized carbons (Fsp3) is 0.364. The first kappa shape index (κ1) is 10.1. The summed E-state index contributed by atoms with van der Waals surface area (Å²) in [7, 11) is 0. The summed E-state index contributed by atoms with van der Waals surface area (Å²) < 4.78 is 5.31. The van der Waals surface area contributed by atoms with Crippen LogP contribution in [0.15, 0.2) is 36.4 Å². The van der Waals surface area contributed by atoms with E-state index in [4.69, 9.17) is 10.6 Å². The Morgan fingerprint density at radius 2 is 2.47 bits per heavy atom. The highest BCUT2D eigenvalue weighted by Gasteiger charge is 2.17. The molecule has 0 aliphatic carbocycles. The van der Waals surface area contributed by atoms with Gasteiger partial charge in [0, 0.05) is 12.4 Å². The molecule has 1 aromatic heterocycles. The third-order valence-electron chi connectivity index (χ3n) is 2.52. The summed E-state index contributed by atoms with van der Waals surface area (Å²) in [6.07, 6.45) is 7.44. The van der Waals surface area contributed by atoms with Crippen molar-refractivity contribution in [1.29, 1.82) is 0 Å². The van der Waals surface area contributed by atoms with E-state index in [1.165, 1.54) is 5.57 Å². The van der Waals surface area contributed by atoms with Crippen LogP contribution in [0.3, 0.4) is 0 Å². The molecule has 15 heavy (non-hydrogen) atoms. The molecular formula is C11H15N3O. The number of hydrogen-bond donors (Lipinski definition) is 2. The lowest BCUT2D eigenvalue weighted by Crippen LogP contribution is -2.30. The van der Waals surface area contributed by atoms with Gasteiger partial charge in [-0.25, -0.2) is 5.43 Å². The SMILES string of the molecule is NNC(C1=COCCC1)c1cccnc1. The van der Waals surface area contributed by atoms with Gasteiger partial charge in [-0.1, -0.05) is 6.07 Å². The molecule has 1 aliphatic heterocycles. The van der Waals surface area contributed by atoms with Gasteiger partial charge in [-0.05, 0) is 30.0 Å². The Hall–Kier alpha value is -1.39. The van der Waals surface area contributed by atoms with Gasteiger partial charge in [0.25, 0.3) is 0 Å². The average Bonchev–Trinajstić information content (AvgIpc) is 2.33. The maximum Gasteiger partial charge on any atom is 0.0876 e. The van der Waals surface area contributed by atoms with Crippen molar-refractivity contribution < 1.29 is 4.74 Å². The number of hydrogen-bond acceptors (Lipinski definition) is 4. The molecule has 0 bridgehead atoms. The van der Waals surface area contributed by atoms with Crippen molar-refractivity contribution in [2.24, 2.45) is 5.84 Å². The van der Waals surface area contributed by atoms with Crippen LogP contribution in [-0.2, 0) is 4.74 Å². The normalized spacial score (nSPS) is 17.8. The molecule has 3 N–H and O–H groups in total. The lowest BCUT2D eigenvalue weighted by atomic mass is 9.97. The smallest absolute Gasteiger partial charge is 0.0876 e. The minimum atomic E-state index is 0.0130. The Bertz CT molecular complexity index is 337. The van der Waals surface area contributed by atoms with Crippen LogP contribution in [0.25, 0.3) is 0 Å². The van der Waals surface area contributed by atoms with Crippen molar-refractivity contribution >= 4 is 0 Å². The van der Waals surface area contributed by atoms with Crippen molar-refractivity contribution in [3.63, 3.8) is 0 Å². The van der Waals surface area contributed by atoms with Crippen LogP contribution in [0.5, 0.6) is 0 Å². The average molecular weight is 205 g/mol. The Balaban J connectivity index is 2.20. The minimum absolute atomic E-state index is 0.0130. The molecule has 1 aromatic rings. The molecule has 0 amide bonds. The highest BCUT2D eigenvalue weighted by molar-refractivity contribution is 5.25. The van der Waals surface area contributed by atoms with Crippen LogP contribution in [0.1, 0.15) is 24.4 Å². The number of nitrogens with zero attached hydrogens (tertiary/aromatic N) is 1. The zero-order valence-electron chi connectivity index (χ0n) is 8.52. The molecule has 0 spiro atoms. The first-order chi connectivity index (χ1) is 7.42. The monoisotopic (exact) mass is 205 g/mol. The predicted octanol–water partition coefficient (Wildman–Crippen LogP) is 1.28. The van der Waals surface area contributed by atoms with Gasteiger partial charge in [0.05, 0.1) is 18.9 Å². The number of aromatic nitrogens is 1. The summed E-state index contributed by atoms with van der Waals surface area (Å²) in [6.45, 7) is 0.799. The molecular weight excluding hydrogens is 190 g/mol. The molecule has 80 valence electrons. The fourth-order valence-electron chi connectivity index (χ4n) is 1.76. The molecule has 2 heterocycles. The number of hydrazine groups is 1. The topological polar surface area (TPSA) is 60.2 Å². The predicted molar refractivity (Wildman–Crippen MR) is 57.6 cm³/mol. The Morgan fingerprint density at radius 1 is 1.53 bits per heavy atom. The van der Waals surface area contributed by atoms with Crippen LogP contribution in [0, 0.1) is 0 Å². The Labute approximate surface area is 89.1 Å². The van der Waals surface area contributed by atoms with Gasteiger partial charge in [-0.3, -0.25) is 10.8 Å². The summed E-state index contributed by atoms with van der Waals surface area (Å²) >= 11 is 0. The van der Waals surface area contributed by atoms with E-state index in [1.54, 1.807) is 12.5 Å². The van der Waals surface area contributed by atoms with Crippen molar-refractivity contribution in [2.45, 2.75) is 18.9 Å². The summed E-state index contributed by atoms with van der Waals surface area (Å²) in [4.78, 5) is 4.08. The molecule has 1 aliphatic rings. The molecule has 2 rings (SSSR count). The second-order valence-corrected chi connectivity index (χ2v) is 3.55. The first-order valence-corrected chi connectivity index (χ1v) is 5.08. The van der Waals surface area contributed by atoms with E-state index >= 15 is 0 Å². The number of ether oxygens (including phenoxy) is 1. The third kappa shape index (κ3) is 2.34. The van der Waals surface area contributed by atoms with E-state index in [2.05, 4.69) is 10.4 Å². The molecule has 0 fully saturated rings. The molecule has 4 nitrogen and oxygen atoms in total. The molecule has 1 unspecified atom stereocenters. The lowest BCUT2D eigenvalue weighted by molar-refractivity contribution is 0.219. The molecule has 0 saturated heterocycles. The highest BCUT2D eigenvalue weighted by atomic mass is 16.5. The number of pyridine rings is 1. The van der Waals surface area contributed by atoms with Crippen molar-refractivity contribution in [1.82, 2.24) is 10.4 Å². The van der Waals surface area contributed by atoms with Gasteiger partial charge >= 0.3 is 0 Å². The molecule has 4 heteroatoms. The quantitative estimate of drug-likeness (QED) is 0.576. The summed E-state index contributed by atoms with van der Waals surface area (Å²) in [6, 6.07) is 3.93. The van der Waals surface area contributed by atoms with E-state index < -0.39 is 0 Å². The third-order valence-corrected chi connectivity index (χ3v) is 2.52. The second kappa shape index (κ2) is 4.91. The maximum absolute atomic E-state index is 5.56. The molecule has 0 aromatic carbocycles. The van der Waals surface area contributed by atoms with Crippen molar-refractivity contribution in [3.05, 3.63) is 41.9 Å². The van der Waals surface area contributed by atoms with E-state index in [0.29, 0.717) is 0 Å². The highest BCUT2D eigenvalue weighted by Crippen LogP contribution is 2.26. The largest absolute Gasteiger partial charge is 0.501 e. The van der Waals surface area contributed by atoms with Crippen LogP contribution in [-0.4, -0.2) is 11.6 Å². The summed E-state index contributed by atoms with van der Waals surface area (Å²) in [5.41, 5.74) is 5.04. The van der Waals surface area contributed by atoms with Crippen molar-refractivity contribution in [3.8, 4) is 0 Å². The number of rotatable bonds is 3. The van der Waals surface area contributed by atoms with Crippen molar-refractivity contribution in [2.75, 3.05) is 6.61 Å². The van der Waals surface area contributed by atoms with Gasteiger partial charge in [-0.15, -0.1) is 0 Å². The Kier molecular flexibility index (Phi) is 3.32. The van der Waals surface area contributed by atoms with Crippen LogP contribution in [0.4, 0.5) is 0 Å². The lowest BCUT2D eigenvalue weighted by Gasteiger charge is -2.22. The van der Waals surface area contributed by atoms with Crippen LogP contribution >= 0.6 is 0 Å². The molecule has 0 saturated carbocycles. The van der Waals surface area contributed by atoms with Crippen LogP contribution in [0.2, 0.25) is 0 Å². The standard InChI is InChI=1S/C11H15N3O/c12-14-11(9-3-1-5-13-7-9)10-4-2-6-15-8-10/h1,3,5,7-8,11,14H,2,4,6,12H2. The number of nitrogens with two attached hydrogens (primary N) is 1. The second-order valence-electron chi connectivity index (χ2n) is 3.55. The van der Waals surface area contributed by atoms with E-state index in [-0.39, 0.29) is 6.04 Å². The minimum Gasteiger partial charge on any atom is -0.501 e. The zero-order chi connectivity index (χ0) is 10.5. The van der Waals surface area contributed by atoms with E-state index in [0.717, 1.165) is 25.0 Å². The summed E-state index contributed by atoms with van der Waals surface area (Å²) in [5.74, 6) is 5.56. The molecule has 0 radical (unpaired) electrons. The van der Waals surface area contributed by atoms with Crippen LogP contribution < -0.4 is 11.3 Å². The fourth-order valence-corrected chi connectivity index (χ4v) is 1.76. The zero-order valence-corrected chi connectivity index (χ0v) is 8.52. The van der Waals surface area contributed by atoms with Gasteiger partial charge in [0.1, 0.15) is 0 Å². The molecule has 1 atom stereocenters. The first-order valence-electron chi connectivity index (χ1n) is 5.08. The maximum atomic E-state index is 5.56. The van der Waals surface area contributed by atoms with E-state index in [9.17, 15) is 0 Å². The van der Waals surface area contributed by atoms with Gasteiger partial charge < -0.3 is 4.74 Å². The van der Waals surface area contributed by atoms with Gasteiger partial charge in [0.2, 0.25) is 0 Å². The van der Waals surface area contributed by atoms with Gasteiger partial charge in [-0.2, -0.15) is 0 Å². The van der Waals surface area contributed by atoms with Gasteiger partial charge in [0.15, 0.2) is 0 Å². The number of nitrogens with one attached hydrogen (secondary N) is 1.